The Kier molecular flexibility index (Phi) is 8.55. The topological polar surface area (TPSA) is 12.0 Å². The van der Waals surface area contributed by atoms with E-state index in [0.717, 1.165) is 19.5 Å². The third-order valence-corrected chi connectivity index (χ3v) is 2.72. The van der Waals surface area contributed by atoms with Gasteiger partial charge >= 0.3 is 0 Å². The maximum Gasteiger partial charge on any atom is 0.0465 e. The molecule has 0 saturated carbocycles. The van der Waals surface area contributed by atoms with E-state index in [2.05, 4.69) is 33.0 Å². The molecule has 1 nitrogen and oxygen atoms in total. The first kappa shape index (κ1) is 15.2. The Morgan fingerprint density at radius 1 is 1.13 bits per heavy atom. The molecule has 2 heteroatoms. The Morgan fingerprint density at radius 3 is 2.33 bits per heavy atom. The number of hydrogen-bond acceptors (Lipinski definition) is 1. The van der Waals surface area contributed by atoms with Crippen LogP contribution >= 0.6 is 11.6 Å². The molecular formula is C13H28ClN. The normalized spacial score (nSPS) is 14.2. The fourth-order valence-electron chi connectivity index (χ4n) is 1.67. The van der Waals surface area contributed by atoms with Crippen LogP contribution in [0.1, 0.15) is 59.8 Å². The minimum Gasteiger partial charge on any atom is -0.315 e. The van der Waals surface area contributed by atoms with Crippen LogP contribution in [0, 0.1) is 5.41 Å². The van der Waals surface area contributed by atoms with Crippen molar-refractivity contribution in [3.05, 3.63) is 0 Å². The number of hydrogen-bond donors (Lipinski definition) is 1. The van der Waals surface area contributed by atoms with E-state index in [4.69, 9.17) is 11.6 Å². The lowest BCUT2D eigenvalue weighted by Crippen LogP contribution is -2.27. The summed E-state index contributed by atoms with van der Waals surface area (Å²) in [6.45, 7) is 11.0. The second-order valence-corrected chi connectivity index (χ2v) is 6.24. The van der Waals surface area contributed by atoms with Gasteiger partial charge in [0.1, 0.15) is 0 Å². The predicted molar refractivity (Wildman–Crippen MR) is 70.7 cm³/mol. The fourth-order valence-corrected chi connectivity index (χ4v) is 2.24. The molecule has 0 heterocycles. The molecule has 0 aliphatic rings. The zero-order valence-electron chi connectivity index (χ0n) is 10.9. The van der Waals surface area contributed by atoms with Gasteiger partial charge in [-0.2, -0.15) is 0 Å². The highest BCUT2D eigenvalue weighted by Crippen LogP contribution is 2.23. The lowest BCUT2D eigenvalue weighted by atomic mass is 9.90. The van der Waals surface area contributed by atoms with Crippen molar-refractivity contribution in [2.45, 2.75) is 65.2 Å². The average Bonchev–Trinajstić information content (AvgIpc) is 2.08. The van der Waals surface area contributed by atoms with Crippen molar-refractivity contribution in [3.8, 4) is 0 Å². The van der Waals surface area contributed by atoms with Gasteiger partial charge in [-0.1, -0.05) is 47.0 Å². The molecule has 0 fully saturated rings. The number of nitrogens with one attached hydrogen (secondary N) is 1. The van der Waals surface area contributed by atoms with Gasteiger partial charge in [0.2, 0.25) is 0 Å². The summed E-state index contributed by atoms with van der Waals surface area (Å²) in [6, 6.07) is 0. The molecular weight excluding hydrogens is 206 g/mol. The van der Waals surface area contributed by atoms with Crippen molar-refractivity contribution in [1.82, 2.24) is 5.32 Å². The maximum absolute atomic E-state index is 6.24. The molecule has 0 aromatic rings. The molecule has 0 spiro atoms. The highest BCUT2D eigenvalue weighted by molar-refractivity contribution is 6.20. The summed E-state index contributed by atoms with van der Waals surface area (Å²) in [4.78, 5) is 0. The van der Waals surface area contributed by atoms with E-state index in [1.54, 1.807) is 0 Å². The molecule has 0 radical (unpaired) electrons. The van der Waals surface area contributed by atoms with Crippen LogP contribution in [0.25, 0.3) is 0 Å². The minimum atomic E-state index is 0.274. The molecule has 1 N–H and O–H groups in total. The van der Waals surface area contributed by atoms with Crippen molar-refractivity contribution < 1.29 is 0 Å². The van der Waals surface area contributed by atoms with Crippen LogP contribution in [0.15, 0.2) is 0 Å². The number of alkyl halides is 1. The quantitative estimate of drug-likeness (QED) is 0.490. The lowest BCUT2D eigenvalue weighted by molar-refractivity contribution is 0.364. The molecule has 0 amide bonds. The van der Waals surface area contributed by atoms with E-state index in [0.29, 0.717) is 5.41 Å². The molecule has 0 rings (SSSR count). The SMILES string of the molecule is CCCCCCNCC(Cl)CC(C)(C)C. The first-order chi connectivity index (χ1) is 6.95. The van der Waals surface area contributed by atoms with Gasteiger partial charge in [-0.3, -0.25) is 0 Å². The Bertz CT molecular complexity index is 140. The Labute approximate surface area is 101 Å². The predicted octanol–water partition coefficient (Wildman–Crippen LogP) is 4.20. The van der Waals surface area contributed by atoms with Gasteiger partial charge in [-0.25, -0.2) is 0 Å². The monoisotopic (exact) mass is 233 g/mol. The van der Waals surface area contributed by atoms with Gasteiger partial charge < -0.3 is 5.32 Å². The summed E-state index contributed by atoms with van der Waals surface area (Å²) in [7, 11) is 0. The molecule has 0 aromatic heterocycles. The van der Waals surface area contributed by atoms with Crippen LogP contribution in [0.3, 0.4) is 0 Å². The molecule has 0 saturated heterocycles. The molecule has 0 aromatic carbocycles. The van der Waals surface area contributed by atoms with Crippen LogP contribution < -0.4 is 5.32 Å². The van der Waals surface area contributed by atoms with E-state index in [9.17, 15) is 0 Å². The van der Waals surface area contributed by atoms with Gasteiger partial charge in [0.25, 0.3) is 0 Å². The number of unbranched alkanes of at least 4 members (excludes halogenated alkanes) is 3. The highest BCUT2D eigenvalue weighted by Gasteiger charge is 2.15. The second-order valence-electron chi connectivity index (χ2n) is 5.63. The van der Waals surface area contributed by atoms with E-state index in [1.807, 2.05) is 0 Å². The molecule has 15 heavy (non-hydrogen) atoms. The third-order valence-electron chi connectivity index (χ3n) is 2.41. The summed E-state index contributed by atoms with van der Waals surface area (Å²) in [6.07, 6.45) is 6.37. The van der Waals surface area contributed by atoms with Gasteiger partial charge in [-0.05, 0) is 24.8 Å². The van der Waals surface area contributed by atoms with Gasteiger partial charge in [0.05, 0.1) is 0 Å². The third kappa shape index (κ3) is 12.2. The summed E-state index contributed by atoms with van der Waals surface area (Å²) in [5.74, 6) is 0. The fraction of sp³-hybridized carbons (Fsp3) is 1.00. The van der Waals surface area contributed by atoms with Crippen LogP contribution in [-0.4, -0.2) is 18.5 Å². The summed E-state index contributed by atoms with van der Waals surface area (Å²) in [5, 5.41) is 3.71. The second kappa shape index (κ2) is 8.41. The summed E-state index contributed by atoms with van der Waals surface area (Å²) >= 11 is 6.24. The van der Waals surface area contributed by atoms with E-state index >= 15 is 0 Å². The molecule has 1 unspecified atom stereocenters. The first-order valence-electron chi connectivity index (χ1n) is 6.30. The first-order valence-corrected chi connectivity index (χ1v) is 6.74. The van der Waals surface area contributed by atoms with Crippen molar-refractivity contribution in [3.63, 3.8) is 0 Å². The van der Waals surface area contributed by atoms with Crippen LogP contribution in [0.2, 0.25) is 0 Å². The van der Waals surface area contributed by atoms with Crippen LogP contribution in [-0.2, 0) is 0 Å². The molecule has 0 aliphatic carbocycles. The van der Waals surface area contributed by atoms with Crippen molar-refractivity contribution in [2.24, 2.45) is 5.41 Å². The van der Waals surface area contributed by atoms with Crippen molar-refractivity contribution >= 4 is 11.6 Å². The minimum absolute atomic E-state index is 0.274. The Balaban J connectivity index is 3.28. The van der Waals surface area contributed by atoms with E-state index < -0.39 is 0 Å². The van der Waals surface area contributed by atoms with E-state index in [1.165, 1.54) is 25.7 Å². The van der Waals surface area contributed by atoms with E-state index in [-0.39, 0.29) is 5.38 Å². The number of halogens is 1. The van der Waals surface area contributed by atoms with Gasteiger partial charge in [-0.15, -0.1) is 11.6 Å². The Morgan fingerprint density at radius 2 is 1.80 bits per heavy atom. The zero-order chi connectivity index (χ0) is 11.7. The molecule has 1 atom stereocenters. The summed E-state index contributed by atoms with van der Waals surface area (Å²) in [5.41, 5.74) is 0.344. The van der Waals surface area contributed by atoms with Crippen LogP contribution in [0.4, 0.5) is 0 Å². The van der Waals surface area contributed by atoms with Crippen molar-refractivity contribution in [2.75, 3.05) is 13.1 Å². The van der Waals surface area contributed by atoms with Crippen molar-refractivity contribution in [1.29, 1.82) is 0 Å². The molecule has 0 aliphatic heterocycles. The van der Waals surface area contributed by atoms with Crippen LogP contribution in [0.5, 0.6) is 0 Å². The number of rotatable bonds is 8. The molecule has 0 bridgehead atoms. The van der Waals surface area contributed by atoms with Gasteiger partial charge in [0.15, 0.2) is 0 Å². The highest BCUT2D eigenvalue weighted by atomic mass is 35.5. The lowest BCUT2D eigenvalue weighted by Gasteiger charge is -2.22. The smallest absolute Gasteiger partial charge is 0.0465 e. The van der Waals surface area contributed by atoms with Gasteiger partial charge in [0, 0.05) is 11.9 Å². The summed E-state index contributed by atoms with van der Waals surface area (Å²) < 4.78 is 0. The maximum atomic E-state index is 6.24. The zero-order valence-corrected chi connectivity index (χ0v) is 11.7. The largest absolute Gasteiger partial charge is 0.315 e. The average molecular weight is 234 g/mol. The standard InChI is InChI=1S/C13H28ClN/c1-5-6-7-8-9-15-11-12(14)10-13(2,3)4/h12,15H,5-11H2,1-4H3. The molecule has 92 valence electrons. The Hall–Kier alpha value is 0.250.